The van der Waals surface area contributed by atoms with E-state index < -0.39 is 0 Å². The average molecular weight is 228 g/mol. The standard InChI is InChI=1S/C10H14ClN3O/c11-8-4-3-7-13-10(8)14-9(15)5-1-2-6-12/h3-4,7H,1-2,5-6,12H2,(H,13,14,15). The van der Waals surface area contributed by atoms with E-state index in [1.54, 1.807) is 18.3 Å². The van der Waals surface area contributed by atoms with Gasteiger partial charge in [-0.05, 0) is 31.5 Å². The van der Waals surface area contributed by atoms with Crippen LogP contribution < -0.4 is 11.1 Å². The predicted molar refractivity (Wildman–Crippen MR) is 60.8 cm³/mol. The summed E-state index contributed by atoms with van der Waals surface area (Å²) in [6, 6.07) is 3.40. The minimum atomic E-state index is -0.0796. The molecule has 0 aliphatic heterocycles. The third kappa shape index (κ3) is 4.27. The number of halogens is 1. The van der Waals surface area contributed by atoms with Gasteiger partial charge in [0, 0.05) is 12.6 Å². The Morgan fingerprint density at radius 2 is 2.33 bits per heavy atom. The molecule has 0 aliphatic carbocycles. The largest absolute Gasteiger partial charge is 0.330 e. The van der Waals surface area contributed by atoms with E-state index in [1.807, 2.05) is 0 Å². The molecule has 5 heteroatoms. The molecule has 0 radical (unpaired) electrons. The van der Waals surface area contributed by atoms with Crippen LogP contribution >= 0.6 is 11.6 Å². The minimum Gasteiger partial charge on any atom is -0.330 e. The van der Waals surface area contributed by atoms with E-state index in [1.165, 1.54) is 0 Å². The van der Waals surface area contributed by atoms with Gasteiger partial charge in [-0.3, -0.25) is 4.79 Å². The third-order valence-corrected chi connectivity index (χ3v) is 2.18. The monoisotopic (exact) mass is 227 g/mol. The lowest BCUT2D eigenvalue weighted by atomic mass is 10.2. The lowest BCUT2D eigenvalue weighted by Gasteiger charge is -2.04. The van der Waals surface area contributed by atoms with Crippen molar-refractivity contribution in [2.24, 2.45) is 5.73 Å². The second-order valence-corrected chi connectivity index (χ2v) is 3.53. The third-order valence-electron chi connectivity index (χ3n) is 1.87. The number of amides is 1. The second kappa shape index (κ2) is 6.37. The fourth-order valence-electron chi connectivity index (χ4n) is 1.10. The summed E-state index contributed by atoms with van der Waals surface area (Å²) in [7, 11) is 0. The maximum atomic E-state index is 11.4. The number of nitrogens with two attached hydrogens (primary N) is 1. The molecule has 15 heavy (non-hydrogen) atoms. The number of rotatable bonds is 5. The number of nitrogens with zero attached hydrogens (tertiary/aromatic N) is 1. The number of hydrogen-bond donors (Lipinski definition) is 2. The first-order valence-electron chi connectivity index (χ1n) is 4.84. The molecule has 82 valence electrons. The Balaban J connectivity index is 2.41. The van der Waals surface area contributed by atoms with Crippen LogP contribution in [-0.2, 0) is 4.79 Å². The van der Waals surface area contributed by atoms with Crippen LogP contribution in [-0.4, -0.2) is 17.4 Å². The Labute approximate surface area is 93.8 Å². The van der Waals surface area contributed by atoms with Crippen LogP contribution in [0.1, 0.15) is 19.3 Å². The van der Waals surface area contributed by atoms with Crippen molar-refractivity contribution in [2.75, 3.05) is 11.9 Å². The lowest BCUT2D eigenvalue weighted by molar-refractivity contribution is -0.116. The first-order valence-corrected chi connectivity index (χ1v) is 5.22. The van der Waals surface area contributed by atoms with Gasteiger partial charge in [0.05, 0.1) is 5.02 Å². The molecule has 3 N–H and O–H groups in total. The number of hydrogen-bond acceptors (Lipinski definition) is 3. The molecule has 4 nitrogen and oxygen atoms in total. The van der Waals surface area contributed by atoms with Crippen molar-refractivity contribution in [3.8, 4) is 0 Å². The van der Waals surface area contributed by atoms with Gasteiger partial charge in [0.15, 0.2) is 5.82 Å². The molecule has 0 spiro atoms. The smallest absolute Gasteiger partial charge is 0.225 e. The Kier molecular flexibility index (Phi) is 5.07. The van der Waals surface area contributed by atoms with E-state index in [0.717, 1.165) is 12.8 Å². The summed E-state index contributed by atoms with van der Waals surface area (Å²) < 4.78 is 0. The molecule has 1 heterocycles. The van der Waals surface area contributed by atoms with Gasteiger partial charge in [-0.25, -0.2) is 4.98 Å². The van der Waals surface area contributed by atoms with Gasteiger partial charge in [-0.1, -0.05) is 11.6 Å². The SMILES string of the molecule is NCCCCC(=O)Nc1ncccc1Cl. The molecule has 0 unspecified atom stereocenters. The minimum absolute atomic E-state index is 0.0796. The molecule has 0 aliphatic rings. The molecule has 1 amide bonds. The van der Waals surface area contributed by atoms with Gasteiger partial charge in [0.2, 0.25) is 5.91 Å². The summed E-state index contributed by atoms with van der Waals surface area (Å²) in [4.78, 5) is 15.3. The van der Waals surface area contributed by atoms with Gasteiger partial charge in [0.25, 0.3) is 0 Å². The van der Waals surface area contributed by atoms with E-state index in [2.05, 4.69) is 10.3 Å². The van der Waals surface area contributed by atoms with Gasteiger partial charge < -0.3 is 11.1 Å². The molecule has 1 rings (SSSR count). The normalized spacial score (nSPS) is 10.0. The van der Waals surface area contributed by atoms with Crippen molar-refractivity contribution in [3.63, 3.8) is 0 Å². The molecule has 1 aromatic rings. The van der Waals surface area contributed by atoms with E-state index >= 15 is 0 Å². The van der Waals surface area contributed by atoms with Crippen molar-refractivity contribution >= 4 is 23.3 Å². The van der Waals surface area contributed by atoms with Crippen molar-refractivity contribution in [1.29, 1.82) is 0 Å². The first kappa shape index (κ1) is 11.9. The quantitative estimate of drug-likeness (QED) is 0.754. The fraction of sp³-hybridized carbons (Fsp3) is 0.400. The first-order chi connectivity index (χ1) is 7.24. The fourth-order valence-corrected chi connectivity index (χ4v) is 1.27. The van der Waals surface area contributed by atoms with Crippen LogP contribution in [0.2, 0.25) is 5.02 Å². The van der Waals surface area contributed by atoms with Crippen molar-refractivity contribution in [3.05, 3.63) is 23.4 Å². The molecule has 0 fully saturated rings. The summed E-state index contributed by atoms with van der Waals surface area (Å²) in [6.45, 7) is 0.609. The van der Waals surface area contributed by atoms with Crippen LogP contribution in [0, 0.1) is 0 Å². The van der Waals surface area contributed by atoms with Crippen LogP contribution in [0.15, 0.2) is 18.3 Å². The van der Waals surface area contributed by atoms with Gasteiger partial charge >= 0.3 is 0 Å². The Morgan fingerprint density at radius 1 is 1.53 bits per heavy atom. The molecule has 0 aromatic carbocycles. The number of pyridine rings is 1. The molecule has 0 bridgehead atoms. The number of carbonyl (C=O) groups excluding carboxylic acids is 1. The van der Waals surface area contributed by atoms with E-state index in [4.69, 9.17) is 17.3 Å². The van der Waals surface area contributed by atoms with Crippen LogP contribution in [0.3, 0.4) is 0 Å². The van der Waals surface area contributed by atoms with Crippen LogP contribution in [0.25, 0.3) is 0 Å². The van der Waals surface area contributed by atoms with Gasteiger partial charge in [-0.2, -0.15) is 0 Å². The lowest BCUT2D eigenvalue weighted by Crippen LogP contribution is -2.13. The number of unbranched alkanes of at least 4 members (excludes halogenated alkanes) is 1. The Bertz CT molecular complexity index is 330. The Morgan fingerprint density at radius 3 is 3.00 bits per heavy atom. The molecular weight excluding hydrogens is 214 g/mol. The maximum absolute atomic E-state index is 11.4. The number of nitrogens with one attached hydrogen (secondary N) is 1. The van der Waals surface area contributed by atoms with Crippen molar-refractivity contribution in [1.82, 2.24) is 4.98 Å². The summed E-state index contributed by atoms with van der Waals surface area (Å²) in [6.07, 6.45) is 3.67. The molecule has 0 saturated heterocycles. The molecule has 1 aromatic heterocycles. The molecular formula is C10H14ClN3O. The summed E-state index contributed by atoms with van der Waals surface area (Å²) >= 11 is 5.83. The topological polar surface area (TPSA) is 68.0 Å². The number of carbonyl (C=O) groups is 1. The van der Waals surface area contributed by atoms with E-state index in [0.29, 0.717) is 23.8 Å². The van der Waals surface area contributed by atoms with Gasteiger partial charge in [0.1, 0.15) is 0 Å². The van der Waals surface area contributed by atoms with E-state index in [-0.39, 0.29) is 5.91 Å². The van der Waals surface area contributed by atoms with E-state index in [9.17, 15) is 4.79 Å². The highest BCUT2D eigenvalue weighted by Crippen LogP contribution is 2.17. The Hall–Kier alpha value is -1.13. The molecule has 0 atom stereocenters. The predicted octanol–water partition coefficient (Wildman–Crippen LogP) is 1.80. The second-order valence-electron chi connectivity index (χ2n) is 3.13. The average Bonchev–Trinajstić information content (AvgIpc) is 2.22. The summed E-state index contributed by atoms with van der Waals surface area (Å²) in [5, 5.41) is 3.10. The molecule has 0 saturated carbocycles. The van der Waals surface area contributed by atoms with Crippen LogP contribution in [0.4, 0.5) is 5.82 Å². The van der Waals surface area contributed by atoms with Gasteiger partial charge in [-0.15, -0.1) is 0 Å². The highest BCUT2D eigenvalue weighted by atomic mass is 35.5. The van der Waals surface area contributed by atoms with Crippen molar-refractivity contribution < 1.29 is 4.79 Å². The highest BCUT2D eigenvalue weighted by molar-refractivity contribution is 6.33. The zero-order valence-corrected chi connectivity index (χ0v) is 9.13. The van der Waals surface area contributed by atoms with Crippen molar-refractivity contribution in [2.45, 2.75) is 19.3 Å². The highest BCUT2D eigenvalue weighted by Gasteiger charge is 2.05. The summed E-state index contributed by atoms with van der Waals surface area (Å²) in [5.74, 6) is 0.334. The summed E-state index contributed by atoms with van der Waals surface area (Å²) in [5.41, 5.74) is 5.33. The zero-order chi connectivity index (χ0) is 11.1. The number of anilines is 1. The van der Waals surface area contributed by atoms with Crippen LogP contribution in [0.5, 0.6) is 0 Å². The number of aromatic nitrogens is 1. The maximum Gasteiger partial charge on any atom is 0.225 e. The zero-order valence-electron chi connectivity index (χ0n) is 8.37.